The maximum absolute atomic E-state index is 12.7. The summed E-state index contributed by atoms with van der Waals surface area (Å²) in [5.41, 5.74) is 1.94. The number of ether oxygens (including phenoxy) is 2. The Balaban J connectivity index is 1.59. The van der Waals surface area contributed by atoms with Gasteiger partial charge < -0.3 is 24.9 Å². The number of hydrogen-bond donors (Lipinski definition) is 3. The molecule has 0 spiro atoms. The fourth-order valence-corrected chi connectivity index (χ4v) is 3.74. The van der Waals surface area contributed by atoms with Crippen LogP contribution in [0.15, 0.2) is 35.3 Å². The molecular weight excluding hydrogens is 348 g/mol. The van der Waals surface area contributed by atoms with Crippen LogP contribution in [0.3, 0.4) is 0 Å². The van der Waals surface area contributed by atoms with Crippen LogP contribution in [0.2, 0.25) is 0 Å². The van der Waals surface area contributed by atoms with Crippen LogP contribution in [0.4, 0.5) is 0 Å². The van der Waals surface area contributed by atoms with Crippen LogP contribution in [-0.2, 0) is 6.42 Å². The van der Waals surface area contributed by atoms with E-state index in [-0.39, 0.29) is 40.8 Å². The highest BCUT2D eigenvalue weighted by Crippen LogP contribution is 2.39. The van der Waals surface area contributed by atoms with E-state index in [4.69, 9.17) is 9.47 Å². The Morgan fingerprint density at radius 3 is 2.89 bits per heavy atom. The number of H-pyrrole nitrogens is 1. The van der Waals surface area contributed by atoms with Crippen molar-refractivity contribution < 1.29 is 19.4 Å². The molecule has 0 bridgehead atoms. The SMILES string of the molecule is COc1c[nH]c(C(=O)N[C@@H](c2ccc3c(c2)CCO3)C2CC(O)C2)cc1=O. The average molecular weight is 370 g/mol. The van der Waals surface area contributed by atoms with Crippen molar-refractivity contribution in [2.75, 3.05) is 13.7 Å². The van der Waals surface area contributed by atoms with Crippen LogP contribution in [0.25, 0.3) is 0 Å². The lowest BCUT2D eigenvalue weighted by Gasteiger charge is -2.38. The Kier molecular flexibility index (Phi) is 4.61. The van der Waals surface area contributed by atoms with Crippen molar-refractivity contribution in [1.29, 1.82) is 0 Å². The van der Waals surface area contributed by atoms with Crippen molar-refractivity contribution >= 4 is 5.91 Å². The Labute approximate surface area is 156 Å². The molecule has 2 aliphatic rings. The van der Waals surface area contributed by atoms with E-state index in [2.05, 4.69) is 16.4 Å². The third kappa shape index (κ3) is 3.42. The molecule has 27 heavy (non-hydrogen) atoms. The van der Waals surface area contributed by atoms with Crippen molar-refractivity contribution in [2.45, 2.75) is 31.4 Å². The summed E-state index contributed by atoms with van der Waals surface area (Å²) in [5.74, 6) is 0.827. The number of carbonyl (C=O) groups is 1. The number of carbonyl (C=O) groups excluding carboxylic acids is 1. The molecule has 7 nitrogen and oxygen atoms in total. The number of aliphatic hydroxyl groups excluding tert-OH is 1. The quantitative estimate of drug-likeness (QED) is 0.742. The number of nitrogens with one attached hydrogen (secondary N) is 2. The number of pyridine rings is 1. The maximum atomic E-state index is 12.7. The molecule has 1 fully saturated rings. The predicted molar refractivity (Wildman–Crippen MR) is 98.2 cm³/mol. The van der Waals surface area contributed by atoms with Crippen molar-refractivity contribution in [3.63, 3.8) is 0 Å². The summed E-state index contributed by atoms with van der Waals surface area (Å²) in [6.45, 7) is 0.672. The van der Waals surface area contributed by atoms with Crippen LogP contribution in [0, 0.1) is 5.92 Å². The monoisotopic (exact) mass is 370 g/mol. The first-order valence-corrected chi connectivity index (χ1v) is 9.06. The first kappa shape index (κ1) is 17.6. The molecule has 1 saturated carbocycles. The van der Waals surface area contributed by atoms with E-state index in [0.717, 1.165) is 23.3 Å². The van der Waals surface area contributed by atoms with Gasteiger partial charge in [0.2, 0.25) is 5.43 Å². The van der Waals surface area contributed by atoms with Crippen molar-refractivity contribution in [3.8, 4) is 11.5 Å². The fourth-order valence-electron chi connectivity index (χ4n) is 3.74. The van der Waals surface area contributed by atoms with Gasteiger partial charge in [-0.3, -0.25) is 9.59 Å². The Hall–Kier alpha value is -2.80. The third-order valence-electron chi connectivity index (χ3n) is 5.32. The minimum Gasteiger partial charge on any atom is -0.493 e. The molecule has 1 amide bonds. The van der Waals surface area contributed by atoms with E-state index in [0.29, 0.717) is 19.4 Å². The molecule has 0 radical (unpaired) electrons. The largest absolute Gasteiger partial charge is 0.493 e. The minimum absolute atomic E-state index is 0.147. The summed E-state index contributed by atoms with van der Waals surface area (Å²) in [4.78, 5) is 27.5. The van der Waals surface area contributed by atoms with Gasteiger partial charge in [-0.2, -0.15) is 0 Å². The van der Waals surface area contributed by atoms with Gasteiger partial charge >= 0.3 is 0 Å². The van der Waals surface area contributed by atoms with Crippen LogP contribution < -0.4 is 20.2 Å². The van der Waals surface area contributed by atoms with E-state index in [1.54, 1.807) is 0 Å². The van der Waals surface area contributed by atoms with Gasteiger partial charge in [0.05, 0.1) is 25.9 Å². The molecular formula is C20H22N2O5. The lowest BCUT2D eigenvalue weighted by Crippen LogP contribution is -2.41. The van der Waals surface area contributed by atoms with Crippen molar-refractivity contribution in [1.82, 2.24) is 10.3 Å². The molecule has 2 aromatic rings. The van der Waals surface area contributed by atoms with Gasteiger partial charge in [0.1, 0.15) is 11.4 Å². The van der Waals surface area contributed by atoms with Gasteiger partial charge in [0, 0.05) is 18.7 Å². The van der Waals surface area contributed by atoms with Crippen molar-refractivity contribution in [2.24, 2.45) is 5.92 Å². The number of methoxy groups -OCH3 is 1. The number of benzene rings is 1. The summed E-state index contributed by atoms with van der Waals surface area (Å²) >= 11 is 0. The summed E-state index contributed by atoms with van der Waals surface area (Å²) in [7, 11) is 1.40. The van der Waals surface area contributed by atoms with Gasteiger partial charge in [-0.15, -0.1) is 0 Å². The zero-order valence-corrected chi connectivity index (χ0v) is 15.0. The normalized spacial score (nSPS) is 21.6. The molecule has 7 heteroatoms. The molecule has 1 atom stereocenters. The summed E-state index contributed by atoms with van der Waals surface area (Å²) in [5, 5.41) is 12.7. The van der Waals surface area contributed by atoms with Crippen molar-refractivity contribution in [3.05, 3.63) is 57.5 Å². The number of aliphatic hydroxyl groups is 1. The number of amides is 1. The molecule has 0 saturated heterocycles. The van der Waals surface area contributed by atoms with Crippen LogP contribution in [-0.4, -0.2) is 35.8 Å². The molecule has 1 aliphatic heterocycles. The van der Waals surface area contributed by atoms with E-state index < -0.39 is 0 Å². The van der Waals surface area contributed by atoms with Crippen LogP contribution in [0.1, 0.15) is 40.5 Å². The van der Waals surface area contributed by atoms with E-state index in [1.165, 1.54) is 19.4 Å². The Morgan fingerprint density at radius 1 is 1.37 bits per heavy atom. The Morgan fingerprint density at radius 2 is 2.19 bits per heavy atom. The fraction of sp³-hybridized carbons (Fsp3) is 0.400. The first-order valence-electron chi connectivity index (χ1n) is 9.06. The molecule has 4 rings (SSSR count). The second kappa shape index (κ2) is 7.08. The van der Waals surface area contributed by atoms with Gasteiger partial charge in [-0.25, -0.2) is 0 Å². The molecule has 3 N–H and O–H groups in total. The lowest BCUT2D eigenvalue weighted by atomic mass is 9.74. The Bertz CT molecular complexity index is 917. The zero-order chi connectivity index (χ0) is 19.0. The second-order valence-corrected chi connectivity index (χ2v) is 7.08. The topological polar surface area (TPSA) is 101 Å². The smallest absolute Gasteiger partial charge is 0.268 e. The van der Waals surface area contributed by atoms with E-state index in [1.807, 2.05) is 12.1 Å². The number of aromatic nitrogens is 1. The summed E-state index contributed by atoms with van der Waals surface area (Å²) in [6.07, 6.45) is 3.18. The number of fused-ring (bicyclic) bond motifs is 1. The van der Waals surface area contributed by atoms with Gasteiger partial charge in [0.25, 0.3) is 5.91 Å². The van der Waals surface area contributed by atoms with Gasteiger partial charge in [0.15, 0.2) is 5.75 Å². The average Bonchev–Trinajstić information content (AvgIpc) is 3.11. The number of rotatable bonds is 5. The predicted octanol–water partition coefficient (Wildman–Crippen LogP) is 1.56. The van der Waals surface area contributed by atoms with E-state index >= 15 is 0 Å². The van der Waals surface area contributed by atoms with Crippen LogP contribution in [0.5, 0.6) is 11.5 Å². The standard InChI is InChI=1S/C20H22N2O5/c1-26-18-10-21-15(9-16(18)24)20(25)22-19(13-7-14(23)8-13)12-2-3-17-11(6-12)4-5-27-17/h2-3,6,9-10,13-14,19,23H,4-5,7-8H2,1H3,(H,21,24)(H,22,25)/t13?,14?,19-/m0/s1. The number of aromatic amines is 1. The first-order chi connectivity index (χ1) is 13.0. The summed E-state index contributed by atoms with van der Waals surface area (Å²) in [6, 6.07) is 6.95. The van der Waals surface area contributed by atoms with Gasteiger partial charge in [-0.1, -0.05) is 6.07 Å². The third-order valence-corrected chi connectivity index (χ3v) is 5.32. The molecule has 2 heterocycles. The molecule has 1 aromatic carbocycles. The highest BCUT2D eigenvalue weighted by Gasteiger charge is 2.36. The highest BCUT2D eigenvalue weighted by molar-refractivity contribution is 5.92. The molecule has 1 aromatic heterocycles. The van der Waals surface area contributed by atoms with E-state index in [9.17, 15) is 14.7 Å². The second-order valence-electron chi connectivity index (χ2n) is 7.08. The minimum atomic E-state index is -0.363. The molecule has 0 unspecified atom stereocenters. The van der Waals surface area contributed by atoms with Gasteiger partial charge in [-0.05, 0) is 42.0 Å². The summed E-state index contributed by atoms with van der Waals surface area (Å²) < 4.78 is 10.5. The van der Waals surface area contributed by atoms with Crippen LogP contribution >= 0.6 is 0 Å². The molecule has 142 valence electrons. The molecule has 1 aliphatic carbocycles. The lowest BCUT2D eigenvalue weighted by molar-refractivity contribution is 0.0234. The highest BCUT2D eigenvalue weighted by atomic mass is 16.5. The zero-order valence-electron chi connectivity index (χ0n) is 15.0. The maximum Gasteiger partial charge on any atom is 0.268 e. The number of hydrogen-bond acceptors (Lipinski definition) is 5.